The van der Waals surface area contributed by atoms with E-state index >= 15 is 0 Å². The maximum absolute atomic E-state index is 13.1. The fraction of sp³-hybridized carbons (Fsp3) is 0.0333. The van der Waals surface area contributed by atoms with Crippen molar-refractivity contribution in [1.82, 2.24) is 0 Å². The lowest BCUT2D eigenvalue weighted by Gasteiger charge is -2.15. The van der Waals surface area contributed by atoms with Gasteiger partial charge < -0.3 is 19.0 Å². The number of fused-ring (bicyclic) bond motifs is 1. The van der Waals surface area contributed by atoms with Crippen molar-refractivity contribution in [2.75, 3.05) is 10.6 Å². The van der Waals surface area contributed by atoms with Gasteiger partial charge in [-0.2, -0.15) is 16.8 Å². The van der Waals surface area contributed by atoms with Crippen LogP contribution in [0.25, 0.3) is 10.8 Å². The first kappa shape index (κ1) is 27.7. The number of urea groups is 1. The zero-order valence-electron chi connectivity index (χ0n) is 21.6. The number of rotatable bonds is 8. The standard InChI is InChI=1S/C30H24N2O7S2/c1-21-14-17-24(18-15-21)40(34,35)38-28-12-6-4-10-26(28)31-30(33)32-27-11-5-7-13-29(27)39-41(36,37)25-19-16-22-8-2-3-9-23(22)20-25/h2-20H,1H3,(H2,31,32,33). The van der Waals surface area contributed by atoms with E-state index in [1.165, 1.54) is 48.5 Å². The molecule has 208 valence electrons. The van der Waals surface area contributed by atoms with Gasteiger partial charge in [-0.25, -0.2) is 4.79 Å². The molecule has 0 saturated carbocycles. The highest BCUT2D eigenvalue weighted by atomic mass is 32.2. The van der Waals surface area contributed by atoms with Gasteiger partial charge in [0.05, 0.1) is 11.4 Å². The van der Waals surface area contributed by atoms with E-state index in [0.717, 1.165) is 16.3 Å². The number of carbonyl (C=O) groups is 1. The summed E-state index contributed by atoms with van der Waals surface area (Å²) in [5.41, 5.74) is 1.03. The van der Waals surface area contributed by atoms with Crippen molar-refractivity contribution < 1.29 is 30.0 Å². The maximum Gasteiger partial charge on any atom is 0.339 e. The molecule has 5 rings (SSSR count). The van der Waals surface area contributed by atoms with Gasteiger partial charge in [0.2, 0.25) is 0 Å². The van der Waals surface area contributed by atoms with E-state index in [0.29, 0.717) is 0 Å². The van der Waals surface area contributed by atoms with Crippen molar-refractivity contribution in [3.63, 3.8) is 0 Å². The van der Waals surface area contributed by atoms with Crippen LogP contribution in [0.1, 0.15) is 5.56 Å². The van der Waals surface area contributed by atoms with E-state index in [9.17, 15) is 21.6 Å². The third kappa shape index (κ3) is 6.48. The van der Waals surface area contributed by atoms with Crippen molar-refractivity contribution in [3.05, 3.63) is 121 Å². The van der Waals surface area contributed by atoms with E-state index in [1.807, 2.05) is 19.1 Å². The molecule has 9 nitrogen and oxygen atoms in total. The molecule has 2 N–H and O–H groups in total. The molecular weight excluding hydrogens is 564 g/mol. The molecule has 41 heavy (non-hydrogen) atoms. The maximum atomic E-state index is 13.1. The zero-order valence-corrected chi connectivity index (χ0v) is 23.3. The van der Waals surface area contributed by atoms with Gasteiger partial charge in [-0.1, -0.05) is 72.3 Å². The summed E-state index contributed by atoms with van der Waals surface area (Å²) < 4.78 is 62.4. The molecule has 0 aromatic heterocycles. The fourth-order valence-corrected chi connectivity index (χ4v) is 5.85. The predicted molar refractivity (Wildman–Crippen MR) is 156 cm³/mol. The molecule has 0 fully saturated rings. The molecule has 0 atom stereocenters. The minimum Gasteiger partial charge on any atom is -0.377 e. The van der Waals surface area contributed by atoms with E-state index in [2.05, 4.69) is 10.6 Å². The Balaban J connectivity index is 1.33. The van der Waals surface area contributed by atoms with Gasteiger partial charge in [0.1, 0.15) is 9.79 Å². The molecule has 0 spiro atoms. The normalized spacial score (nSPS) is 11.5. The molecule has 0 heterocycles. The first-order valence-electron chi connectivity index (χ1n) is 12.3. The molecule has 5 aromatic carbocycles. The molecule has 0 radical (unpaired) electrons. The Labute approximate surface area is 237 Å². The minimum absolute atomic E-state index is 0.0407. The first-order chi connectivity index (χ1) is 19.6. The van der Waals surface area contributed by atoms with Gasteiger partial charge in [0.15, 0.2) is 11.5 Å². The Morgan fingerprint density at radius 2 is 1.02 bits per heavy atom. The number of para-hydroxylation sites is 4. The molecule has 0 aliphatic rings. The topological polar surface area (TPSA) is 128 Å². The van der Waals surface area contributed by atoms with Crippen molar-refractivity contribution in [1.29, 1.82) is 0 Å². The van der Waals surface area contributed by atoms with Gasteiger partial charge in [-0.15, -0.1) is 0 Å². The lowest BCUT2D eigenvalue weighted by atomic mass is 10.1. The fourth-order valence-electron chi connectivity index (χ4n) is 3.92. The molecule has 0 aliphatic heterocycles. The molecule has 0 unspecified atom stereocenters. The van der Waals surface area contributed by atoms with Crippen molar-refractivity contribution in [3.8, 4) is 11.5 Å². The third-order valence-corrected chi connectivity index (χ3v) is 8.47. The van der Waals surface area contributed by atoms with Crippen LogP contribution < -0.4 is 19.0 Å². The molecular formula is C30H24N2O7S2. The summed E-state index contributed by atoms with van der Waals surface area (Å²) in [6.45, 7) is 1.83. The largest absolute Gasteiger partial charge is 0.377 e. The summed E-state index contributed by atoms with van der Waals surface area (Å²) in [6, 6.07) is 29.4. The second kappa shape index (κ2) is 11.3. The number of hydrogen-bond donors (Lipinski definition) is 2. The summed E-state index contributed by atoms with van der Waals surface area (Å²) in [4.78, 5) is 12.8. The Hall–Kier alpha value is -4.87. The van der Waals surface area contributed by atoms with E-state index in [1.54, 1.807) is 54.6 Å². The van der Waals surface area contributed by atoms with Crippen LogP contribution in [0.4, 0.5) is 16.2 Å². The highest BCUT2D eigenvalue weighted by Gasteiger charge is 2.21. The molecule has 0 bridgehead atoms. The van der Waals surface area contributed by atoms with Gasteiger partial charge in [-0.05, 0) is 66.2 Å². The Morgan fingerprint density at radius 1 is 0.561 bits per heavy atom. The second-order valence-corrected chi connectivity index (χ2v) is 12.1. The van der Waals surface area contributed by atoms with Crippen LogP contribution in [0.5, 0.6) is 11.5 Å². The first-order valence-corrected chi connectivity index (χ1v) is 15.1. The van der Waals surface area contributed by atoms with E-state index < -0.39 is 26.3 Å². The van der Waals surface area contributed by atoms with Crippen LogP contribution in [0, 0.1) is 6.92 Å². The number of anilines is 2. The lowest BCUT2D eigenvalue weighted by Crippen LogP contribution is -2.21. The van der Waals surface area contributed by atoms with Crippen molar-refractivity contribution >= 4 is 48.4 Å². The van der Waals surface area contributed by atoms with Gasteiger partial charge in [0, 0.05) is 0 Å². The lowest BCUT2D eigenvalue weighted by molar-refractivity contribution is 0.262. The van der Waals surface area contributed by atoms with Crippen LogP contribution in [0.3, 0.4) is 0 Å². The highest BCUT2D eigenvalue weighted by Crippen LogP contribution is 2.31. The number of carbonyl (C=O) groups excluding carboxylic acids is 1. The summed E-state index contributed by atoms with van der Waals surface area (Å²) >= 11 is 0. The SMILES string of the molecule is Cc1ccc(S(=O)(=O)Oc2ccccc2NC(=O)Nc2ccccc2OS(=O)(=O)c2ccc3ccccc3c2)cc1. The highest BCUT2D eigenvalue weighted by molar-refractivity contribution is 7.87. The number of amides is 2. The molecule has 5 aromatic rings. The predicted octanol–water partition coefficient (Wildman–Crippen LogP) is 6.33. The zero-order chi connectivity index (χ0) is 29.0. The molecule has 2 amide bonds. The van der Waals surface area contributed by atoms with Crippen LogP contribution in [-0.4, -0.2) is 22.9 Å². The minimum atomic E-state index is -4.24. The number of benzene rings is 5. The van der Waals surface area contributed by atoms with Crippen LogP contribution in [0.15, 0.2) is 125 Å². The summed E-state index contributed by atoms with van der Waals surface area (Å²) in [5.74, 6) is -0.214. The Kier molecular flexibility index (Phi) is 7.64. The second-order valence-electron chi connectivity index (χ2n) is 8.97. The smallest absolute Gasteiger partial charge is 0.339 e. The van der Waals surface area contributed by atoms with Crippen molar-refractivity contribution in [2.24, 2.45) is 0 Å². The van der Waals surface area contributed by atoms with E-state index in [-0.39, 0.29) is 32.7 Å². The average Bonchev–Trinajstić information content (AvgIpc) is 2.95. The number of hydrogen-bond acceptors (Lipinski definition) is 7. The van der Waals surface area contributed by atoms with Crippen LogP contribution in [-0.2, 0) is 20.2 Å². The van der Waals surface area contributed by atoms with Crippen LogP contribution in [0.2, 0.25) is 0 Å². The number of aryl methyl sites for hydroxylation is 1. The summed E-state index contributed by atoms with van der Waals surface area (Å²) in [7, 11) is -8.41. The molecule has 0 saturated heterocycles. The van der Waals surface area contributed by atoms with Gasteiger partial charge in [-0.3, -0.25) is 0 Å². The van der Waals surface area contributed by atoms with Gasteiger partial charge >= 0.3 is 26.3 Å². The monoisotopic (exact) mass is 588 g/mol. The molecule has 11 heteroatoms. The summed E-state index contributed by atoms with van der Waals surface area (Å²) in [6.07, 6.45) is 0. The third-order valence-electron chi connectivity index (χ3n) is 5.99. The average molecular weight is 589 g/mol. The summed E-state index contributed by atoms with van der Waals surface area (Å²) in [5, 5.41) is 6.69. The quantitative estimate of drug-likeness (QED) is 0.203. The Bertz CT molecular complexity index is 1960. The van der Waals surface area contributed by atoms with Crippen molar-refractivity contribution in [2.45, 2.75) is 16.7 Å². The van der Waals surface area contributed by atoms with Gasteiger partial charge in [0.25, 0.3) is 0 Å². The molecule has 0 aliphatic carbocycles. The van der Waals surface area contributed by atoms with E-state index in [4.69, 9.17) is 8.37 Å². The number of nitrogens with one attached hydrogen (secondary N) is 2. The van der Waals surface area contributed by atoms with Crippen LogP contribution >= 0.6 is 0 Å². The Morgan fingerprint density at radius 3 is 1.61 bits per heavy atom.